The summed E-state index contributed by atoms with van der Waals surface area (Å²) >= 11 is 0. The van der Waals surface area contributed by atoms with Crippen molar-refractivity contribution < 1.29 is 4.74 Å². The van der Waals surface area contributed by atoms with E-state index in [0.29, 0.717) is 11.5 Å². The molecule has 1 atom stereocenters. The third-order valence-corrected chi connectivity index (χ3v) is 3.67. The predicted octanol–water partition coefficient (Wildman–Crippen LogP) is 2.44. The van der Waals surface area contributed by atoms with Gasteiger partial charge in [-0.05, 0) is 44.1 Å². The van der Waals surface area contributed by atoms with Crippen molar-refractivity contribution in [2.45, 2.75) is 45.6 Å². The second-order valence-corrected chi connectivity index (χ2v) is 5.35. The maximum Gasteiger partial charge on any atom is 0.0618 e. The number of ether oxygens (including phenoxy) is 1. The number of nitrogens with one attached hydrogen (secondary N) is 1. The van der Waals surface area contributed by atoms with Crippen molar-refractivity contribution in [1.29, 1.82) is 0 Å². The van der Waals surface area contributed by atoms with Crippen LogP contribution in [0.3, 0.4) is 0 Å². The van der Waals surface area contributed by atoms with E-state index < -0.39 is 0 Å². The van der Waals surface area contributed by atoms with Gasteiger partial charge in [0.05, 0.1) is 6.61 Å². The van der Waals surface area contributed by atoms with E-state index in [-0.39, 0.29) is 0 Å². The van der Waals surface area contributed by atoms with Crippen LogP contribution in [-0.4, -0.2) is 26.8 Å². The van der Waals surface area contributed by atoms with Crippen molar-refractivity contribution in [1.82, 2.24) is 5.32 Å². The summed E-state index contributed by atoms with van der Waals surface area (Å²) in [6.45, 7) is 5.61. The second-order valence-electron chi connectivity index (χ2n) is 5.35. The van der Waals surface area contributed by atoms with Crippen LogP contribution in [0.15, 0.2) is 0 Å². The fourth-order valence-electron chi connectivity index (χ4n) is 2.46. The minimum atomic E-state index is 0.552. The Morgan fingerprint density at radius 1 is 1.36 bits per heavy atom. The first-order valence-corrected chi connectivity index (χ1v) is 5.75. The van der Waals surface area contributed by atoms with Crippen molar-refractivity contribution in [3.8, 4) is 0 Å². The van der Waals surface area contributed by atoms with E-state index in [9.17, 15) is 0 Å². The fraction of sp³-hybridized carbons (Fsp3) is 1.00. The lowest BCUT2D eigenvalue weighted by Crippen LogP contribution is -2.40. The number of methoxy groups -OCH3 is 1. The zero-order valence-electron chi connectivity index (χ0n) is 10.1. The van der Waals surface area contributed by atoms with Gasteiger partial charge in [-0.2, -0.15) is 0 Å². The molecule has 2 nitrogen and oxygen atoms in total. The van der Waals surface area contributed by atoms with Gasteiger partial charge in [-0.15, -0.1) is 0 Å². The quantitative estimate of drug-likeness (QED) is 0.751. The molecule has 0 radical (unpaired) electrons. The van der Waals surface area contributed by atoms with Crippen LogP contribution in [0.4, 0.5) is 0 Å². The van der Waals surface area contributed by atoms with Crippen molar-refractivity contribution in [2.24, 2.45) is 11.3 Å². The van der Waals surface area contributed by atoms with Crippen LogP contribution < -0.4 is 5.32 Å². The Hall–Kier alpha value is -0.0800. The Morgan fingerprint density at radius 2 is 1.93 bits per heavy atom. The van der Waals surface area contributed by atoms with Crippen LogP contribution in [0.1, 0.15) is 39.5 Å². The molecule has 0 aromatic rings. The summed E-state index contributed by atoms with van der Waals surface area (Å²) in [6, 6.07) is 0.552. The molecule has 14 heavy (non-hydrogen) atoms. The van der Waals surface area contributed by atoms with Gasteiger partial charge in [-0.3, -0.25) is 0 Å². The molecule has 1 rings (SSSR count). The smallest absolute Gasteiger partial charge is 0.0618 e. The highest BCUT2D eigenvalue weighted by Gasteiger charge is 2.30. The van der Waals surface area contributed by atoms with Gasteiger partial charge in [0, 0.05) is 13.2 Å². The third kappa shape index (κ3) is 3.25. The summed E-state index contributed by atoms with van der Waals surface area (Å²) in [5.41, 5.74) is 0.571. The molecule has 2 heteroatoms. The molecule has 0 aromatic carbocycles. The normalized spacial score (nSPS) is 24.9. The Morgan fingerprint density at radius 3 is 2.36 bits per heavy atom. The van der Waals surface area contributed by atoms with E-state index in [1.54, 1.807) is 7.11 Å². The maximum atomic E-state index is 5.24. The third-order valence-electron chi connectivity index (χ3n) is 3.67. The molecule has 0 aromatic heterocycles. The van der Waals surface area contributed by atoms with Gasteiger partial charge in [0.15, 0.2) is 0 Å². The topological polar surface area (TPSA) is 21.3 Å². The zero-order valence-corrected chi connectivity index (χ0v) is 10.1. The van der Waals surface area contributed by atoms with Gasteiger partial charge in [0.1, 0.15) is 0 Å². The lowest BCUT2D eigenvalue weighted by Gasteiger charge is -2.37. The monoisotopic (exact) mass is 199 g/mol. The molecule has 0 aliphatic heterocycles. The molecule has 0 amide bonds. The summed E-state index contributed by atoms with van der Waals surface area (Å²) in [4.78, 5) is 0. The lowest BCUT2D eigenvalue weighted by molar-refractivity contribution is 0.103. The fourth-order valence-corrected chi connectivity index (χ4v) is 2.46. The van der Waals surface area contributed by atoms with E-state index in [4.69, 9.17) is 4.74 Å². The lowest BCUT2D eigenvalue weighted by atomic mass is 9.71. The highest BCUT2D eigenvalue weighted by Crippen LogP contribution is 2.39. The highest BCUT2D eigenvalue weighted by molar-refractivity contribution is 4.84. The average Bonchev–Trinajstić information content (AvgIpc) is 2.15. The van der Waals surface area contributed by atoms with Gasteiger partial charge in [-0.1, -0.05) is 13.8 Å². The van der Waals surface area contributed by atoms with Gasteiger partial charge in [0.25, 0.3) is 0 Å². The molecule has 1 fully saturated rings. The summed E-state index contributed by atoms with van der Waals surface area (Å²) in [5.74, 6) is 0.813. The summed E-state index contributed by atoms with van der Waals surface area (Å²) in [7, 11) is 3.83. The Kier molecular flexibility index (Phi) is 4.39. The van der Waals surface area contributed by atoms with E-state index in [2.05, 4.69) is 19.2 Å². The minimum absolute atomic E-state index is 0.552. The van der Waals surface area contributed by atoms with Crippen LogP contribution in [-0.2, 0) is 4.74 Å². The highest BCUT2D eigenvalue weighted by atomic mass is 16.5. The molecule has 84 valence electrons. The standard InChI is InChI=1S/C12H25NO/c1-12(2)7-5-10(6-8-12)11(13-3)9-14-4/h10-11,13H,5-9H2,1-4H3. The molecule has 0 bridgehead atoms. The first-order valence-electron chi connectivity index (χ1n) is 5.75. The Bertz CT molecular complexity index is 158. The van der Waals surface area contributed by atoms with Crippen LogP contribution in [0.25, 0.3) is 0 Å². The van der Waals surface area contributed by atoms with Gasteiger partial charge in [0.2, 0.25) is 0 Å². The molecule has 0 saturated heterocycles. The number of hydrogen-bond donors (Lipinski definition) is 1. The molecule has 1 N–H and O–H groups in total. The maximum absolute atomic E-state index is 5.24. The van der Waals surface area contributed by atoms with Crippen molar-refractivity contribution >= 4 is 0 Å². The predicted molar refractivity (Wildman–Crippen MR) is 60.5 cm³/mol. The van der Waals surface area contributed by atoms with Crippen molar-refractivity contribution in [3.05, 3.63) is 0 Å². The largest absolute Gasteiger partial charge is 0.383 e. The van der Waals surface area contributed by atoms with E-state index >= 15 is 0 Å². The Labute approximate surface area is 88.4 Å². The van der Waals surface area contributed by atoms with Crippen molar-refractivity contribution in [2.75, 3.05) is 20.8 Å². The Balaban J connectivity index is 2.39. The number of hydrogen-bond acceptors (Lipinski definition) is 2. The van der Waals surface area contributed by atoms with Crippen LogP contribution in [0, 0.1) is 11.3 Å². The molecule has 1 aliphatic rings. The summed E-state index contributed by atoms with van der Waals surface area (Å²) < 4.78 is 5.24. The van der Waals surface area contributed by atoms with Crippen molar-refractivity contribution in [3.63, 3.8) is 0 Å². The summed E-state index contributed by atoms with van der Waals surface area (Å²) in [6.07, 6.45) is 5.42. The van der Waals surface area contributed by atoms with Crippen LogP contribution >= 0.6 is 0 Å². The average molecular weight is 199 g/mol. The molecular weight excluding hydrogens is 174 g/mol. The molecule has 1 saturated carbocycles. The van der Waals surface area contributed by atoms with E-state index in [1.807, 2.05) is 7.05 Å². The number of likely N-dealkylation sites (N-methyl/N-ethyl adjacent to an activating group) is 1. The van der Waals surface area contributed by atoms with Gasteiger partial charge in [-0.25, -0.2) is 0 Å². The molecule has 0 spiro atoms. The second kappa shape index (κ2) is 5.13. The molecular formula is C12H25NO. The van der Waals surface area contributed by atoms with Gasteiger partial charge < -0.3 is 10.1 Å². The number of rotatable bonds is 4. The van der Waals surface area contributed by atoms with E-state index in [0.717, 1.165) is 12.5 Å². The van der Waals surface area contributed by atoms with E-state index in [1.165, 1.54) is 25.7 Å². The molecule has 1 unspecified atom stereocenters. The van der Waals surface area contributed by atoms with Gasteiger partial charge >= 0.3 is 0 Å². The SMILES string of the molecule is CNC(COC)C1CCC(C)(C)CC1. The first kappa shape index (κ1) is 12.0. The first-order chi connectivity index (χ1) is 6.59. The zero-order chi connectivity index (χ0) is 10.6. The minimum Gasteiger partial charge on any atom is -0.383 e. The molecule has 1 aliphatic carbocycles. The molecule has 0 heterocycles. The van der Waals surface area contributed by atoms with Crippen LogP contribution in [0.2, 0.25) is 0 Å². The summed E-state index contributed by atoms with van der Waals surface area (Å²) in [5, 5.41) is 3.38. The van der Waals surface area contributed by atoms with Crippen LogP contribution in [0.5, 0.6) is 0 Å².